The van der Waals surface area contributed by atoms with Crippen LogP contribution in [0.3, 0.4) is 0 Å². The minimum atomic E-state index is -0.284. The maximum Gasteiger partial charge on any atom is 0.249 e. The molecule has 3 rings (SSSR count). The Bertz CT molecular complexity index is 819. The zero-order valence-corrected chi connectivity index (χ0v) is 14.6. The summed E-state index contributed by atoms with van der Waals surface area (Å²) in [7, 11) is 0. The molecule has 0 spiro atoms. The molecule has 6 nitrogen and oxygen atoms in total. The monoisotopic (exact) mass is 338 g/mol. The number of nitrogens with one attached hydrogen (secondary N) is 1. The van der Waals surface area contributed by atoms with Gasteiger partial charge in [0.15, 0.2) is 5.82 Å². The molecule has 3 aromatic rings. The Balaban J connectivity index is 1.65. The van der Waals surface area contributed by atoms with Gasteiger partial charge in [0, 0.05) is 18.1 Å². The molecule has 2 heterocycles. The number of aryl methyl sites for hydroxylation is 1. The highest BCUT2D eigenvalue weighted by Gasteiger charge is 2.23. The third-order valence-electron chi connectivity index (χ3n) is 4.00. The molecule has 1 atom stereocenters. The van der Waals surface area contributed by atoms with Gasteiger partial charge in [0.25, 0.3) is 0 Å². The molecule has 6 heteroatoms. The van der Waals surface area contributed by atoms with Crippen LogP contribution >= 0.6 is 0 Å². The van der Waals surface area contributed by atoms with Crippen molar-refractivity contribution in [3.05, 3.63) is 66.1 Å². The zero-order valence-electron chi connectivity index (χ0n) is 14.6. The third kappa shape index (κ3) is 4.15. The van der Waals surface area contributed by atoms with Crippen molar-refractivity contribution in [3.63, 3.8) is 0 Å². The number of hydrogen-bond acceptors (Lipinski definition) is 4. The number of hydrogen-bond donors (Lipinski definition) is 1. The summed E-state index contributed by atoms with van der Waals surface area (Å²) < 4.78 is 7.24. The van der Waals surface area contributed by atoms with Crippen LogP contribution < -0.4 is 5.32 Å². The van der Waals surface area contributed by atoms with E-state index in [-0.39, 0.29) is 17.9 Å². The van der Waals surface area contributed by atoms with Crippen LogP contribution in [0.1, 0.15) is 37.2 Å². The average molecular weight is 338 g/mol. The quantitative estimate of drug-likeness (QED) is 0.749. The highest BCUT2D eigenvalue weighted by atomic mass is 16.5. The van der Waals surface area contributed by atoms with E-state index >= 15 is 0 Å². The maximum absolute atomic E-state index is 12.4. The summed E-state index contributed by atoms with van der Waals surface area (Å²) in [4.78, 5) is 16.7. The van der Waals surface area contributed by atoms with Gasteiger partial charge in [0.1, 0.15) is 6.04 Å². The molecule has 0 radical (unpaired) electrons. The lowest BCUT2D eigenvalue weighted by molar-refractivity contribution is -0.121. The van der Waals surface area contributed by atoms with Crippen molar-refractivity contribution in [3.8, 4) is 5.69 Å². The number of amides is 1. The van der Waals surface area contributed by atoms with E-state index in [1.54, 1.807) is 6.92 Å². The van der Waals surface area contributed by atoms with E-state index in [0.717, 1.165) is 11.3 Å². The predicted octanol–water partition coefficient (Wildman–Crippen LogP) is 3.22. The molecule has 0 fully saturated rings. The molecule has 0 saturated heterocycles. The Hall–Kier alpha value is -2.89. The van der Waals surface area contributed by atoms with E-state index in [1.807, 2.05) is 67.2 Å². The molecule has 0 aliphatic rings. The van der Waals surface area contributed by atoms with Gasteiger partial charge < -0.3 is 14.4 Å². The second kappa shape index (κ2) is 7.34. The predicted molar refractivity (Wildman–Crippen MR) is 94.2 cm³/mol. The van der Waals surface area contributed by atoms with Crippen LogP contribution in [0.15, 0.2) is 53.3 Å². The van der Waals surface area contributed by atoms with Gasteiger partial charge in [-0.2, -0.15) is 4.98 Å². The normalized spacial score (nSPS) is 12.3. The number of nitrogens with zero attached hydrogens (tertiary/aromatic N) is 3. The molecule has 1 amide bonds. The summed E-state index contributed by atoms with van der Waals surface area (Å²) in [6.07, 6.45) is 4.28. The number of rotatable bonds is 6. The van der Waals surface area contributed by atoms with Crippen LogP contribution in [0.2, 0.25) is 0 Å². The van der Waals surface area contributed by atoms with Crippen molar-refractivity contribution in [1.29, 1.82) is 0 Å². The maximum atomic E-state index is 12.4. The van der Waals surface area contributed by atoms with Crippen molar-refractivity contribution >= 4 is 5.91 Å². The van der Waals surface area contributed by atoms with Crippen molar-refractivity contribution in [2.24, 2.45) is 5.92 Å². The lowest BCUT2D eigenvalue weighted by atomic mass is 10.0. The fourth-order valence-electron chi connectivity index (χ4n) is 2.66. The molecule has 25 heavy (non-hydrogen) atoms. The summed E-state index contributed by atoms with van der Waals surface area (Å²) in [5, 5.41) is 6.80. The topological polar surface area (TPSA) is 73.0 Å². The molecule has 0 aliphatic carbocycles. The van der Waals surface area contributed by atoms with Gasteiger partial charge >= 0.3 is 0 Å². The fraction of sp³-hybridized carbons (Fsp3) is 0.316. The van der Waals surface area contributed by atoms with Crippen molar-refractivity contribution in [1.82, 2.24) is 20.0 Å². The van der Waals surface area contributed by atoms with E-state index in [0.29, 0.717) is 18.1 Å². The van der Waals surface area contributed by atoms with Crippen molar-refractivity contribution < 1.29 is 9.32 Å². The van der Waals surface area contributed by atoms with Crippen LogP contribution in [0, 0.1) is 12.8 Å². The highest BCUT2D eigenvalue weighted by Crippen LogP contribution is 2.20. The van der Waals surface area contributed by atoms with Crippen molar-refractivity contribution in [2.75, 3.05) is 0 Å². The van der Waals surface area contributed by atoms with E-state index < -0.39 is 0 Å². The van der Waals surface area contributed by atoms with Gasteiger partial charge in [0.05, 0.1) is 6.42 Å². The van der Waals surface area contributed by atoms with E-state index in [2.05, 4.69) is 15.5 Å². The van der Waals surface area contributed by atoms with Gasteiger partial charge in [-0.25, -0.2) is 0 Å². The third-order valence-corrected chi connectivity index (χ3v) is 4.00. The SMILES string of the molecule is Cc1noc(C(NC(=O)Cc2ccc(-n3cccc3)cc2)C(C)C)n1. The molecule has 0 aliphatic heterocycles. The summed E-state index contributed by atoms with van der Waals surface area (Å²) in [5.41, 5.74) is 2.02. The van der Waals surface area contributed by atoms with Gasteiger partial charge in [-0.1, -0.05) is 31.1 Å². The van der Waals surface area contributed by atoms with Crippen LogP contribution in [0.4, 0.5) is 0 Å². The van der Waals surface area contributed by atoms with Crippen LogP contribution in [-0.2, 0) is 11.2 Å². The molecule has 2 aromatic heterocycles. The second-order valence-electron chi connectivity index (χ2n) is 6.40. The number of benzene rings is 1. The first-order valence-electron chi connectivity index (χ1n) is 8.35. The van der Waals surface area contributed by atoms with Crippen LogP contribution in [0.25, 0.3) is 5.69 Å². The number of carbonyl (C=O) groups excluding carboxylic acids is 1. The van der Waals surface area contributed by atoms with Gasteiger partial charge in [0.2, 0.25) is 11.8 Å². The number of carbonyl (C=O) groups is 1. The largest absolute Gasteiger partial charge is 0.344 e. The molecular formula is C19H22N4O2. The smallest absolute Gasteiger partial charge is 0.249 e. The minimum Gasteiger partial charge on any atom is -0.344 e. The fourth-order valence-corrected chi connectivity index (χ4v) is 2.66. The second-order valence-corrected chi connectivity index (χ2v) is 6.40. The first-order valence-corrected chi connectivity index (χ1v) is 8.35. The summed E-state index contributed by atoms with van der Waals surface area (Å²) >= 11 is 0. The molecule has 1 aromatic carbocycles. The summed E-state index contributed by atoms with van der Waals surface area (Å²) in [6.45, 7) is 5.78. The van der Waals surface area contributed by atoms with Crippen LogP contribution in [0.5, 0.6) is 0 Å². The summed E-state index contributed by atoms with van der Waals surface area (Å²) in [6, 6.07) is 11.6. The molecule has 1 unspecified atom stereocenters. The Kier molecular flexibility index (Phi) is 4.97. The Morgan fingerprint density at radius 2 is 1.88 bits per heavy atom. The van der Waals surface area contributed by atoms with Gasteiger partial charge in [-0.05, 0) is 42.7 Å². The molecule has 1 N–H and O–H groups in total. The van der Waals surface area contributed by atoms with Crippen molar-refractivity contribution in [2.45, 2.75) is 33.2 Å². The highest BCUT2D eigenvalue weighted by molar-refractivity contribution is 5.79. The first-order chi connectivity index (χ1) is 12.0. The Morgan fingerprint density at radius 1 is 1.20 bits per heavy atom. The number of aromatic nitrogens is 3. The van der Waals surface area contributed by atoms with Gasteiger partial charge in [-0.15, -0.1) is 0 Å². The lowest BCUT2D eigenvalue weighted by Gasteiger charge is -2.18. The first kappa shape index (κ1) is 17.0. The zero-order chi connectivity index (χ0) is 17.8. The minimum absolute atomic E-state index is 0.0664. The molecular weight excluding hydrogens is 316 g/mol. The van der Waals surface area contributed by atoms with Gasteiger partial charge in [-0.3, -0.25) is 4.79 Å². The van der Waals surface area contributed by atoms with E-state index in [9.17, 15) is 4.79 Å². The average Bonchev–Trinajstić information content (AvgIpc) is 3.25. The molecule has 0 bridgehead atoms. The van der Waals surface area contributed by atoms with E-state index in [4.69, 9.17) is 4.52 Å². The standard InChI is InChI=1S/C19H22N4O2/c1-13(2)18(19-20-14(3)22-25-19)21-17(24)12-15-6-8-16(9-7-15)23-10-4-5-11-23/h4-11,13,18H,12H2,1-3H3,(H,21,24). The van der Waals surface area contributed by atoms with Crippen LogP contribution in [-0.4, -0.2) is 20.6 Å². The summed E-state index contributed by atoms with van der Waals surface area (Å²) in [5.74, 6) is 1.10. The van der Waals surface area contributed by atoms with E-state index in [1.165, 1.54) is 0 Å². The Morgan fingerprint density at radius 3 is 2.44 bits per heavy atom. The molecule has 0 saturated carbocycles. The molecule has 130 valence electrons. The lowest BCUT2D eigenvalue weighted by Crippen LogP contribution is -2.33. The Labute approximate surface area is 146 Å².